The highest BCUT2D eigenvalue weighted by atomic mass is 19.1. The Morgan fingerprint density at radius 3 is 2.80 bits per heavy atom. The molecule has 3 aliphatic heterocycles. The molecule has 4 fully saturated rings. The largest absolute Gasteiger partial charge is 0.461 e. The molecule has 3 saturated heterocycles. The van der Waals surface area contributed by atoms with E-state index in [0.717, 1.165) is 73.6 Å². The molecule has 4 heterocycles. The zero-order chi connectivity index (χ0) is 31.1. The topological polar surface area (TPSA) is 41.5 Å². The molecule has 4 aliphatic rings. The normalized spacial score (nSPS) is 27.9. The summed E-state index contributed by atoms with van der Waals surface area (Å²) in [5, 5.41) is 1.97. The summed E-state index contributed by atoms with van der Waals surface area (Å²) in [5.74, 6) is -0.376. The third kappa shape index (κ3) is 4.70. The molecule has 1 saturated carbocycles. The molecule has 4 aromatic rings. The number of nitrogens with zero attached hydrogens (tertiary/aromatic N) is 4. The second-order valence-electron chi connectivity index (χ2n) is 14.4. The van der Waals surface area contributed by atoms with E-state index in [4.69, 9.17) is 9.72 Å². The number of benzene rings is 3. The minimum absolute atomic E-state index is 0.0378. The Balaban J connectivity index is 1.30. The molecule has 0 radical (unpaired) electrons. The summed E-state index contributed by atoms with van der Waals surface area (Å²) in [6, 6.07) is 11.1. The first-order valence-electron chi connectivity index (χ1n) is 16.3. The van der Waals surface area contributed by atoms with Crippen LogP contribution in [0.3, 0.4) is 0 Å². The van der Waals surface area contributed by atoms with E-state index in [1.165, 1.54) is 6.07 Å². The van der Waals surface area contributed by atoms with E-state index >= 15 is 8.78 Å². The van der Waals surface area contributed by atoms with Gasteiger partial charge >= 0.3 is 6.01 Å². The predicted octanol–water partition coefficient (Wildman–Crippen LogP) is 8.26. The zero-order valence-electron chi connectivity index (χ0n) is 26.0. The number of rotatable bonds is 6. The Labute approximate surface area is 262 Å². The maximum absolute atomic E-state index is 17.0. The molecule has 3 aromatic carbocycles. The Kier molecular flexibility index (Phi) is 6.68. The third-order valence-electron chi connectivity index (χ3n) is 11.0. The van der Waals surface area contributed by atoms with Crippen molar-refractivity contribution < 1.29 is 17.9 Å². The van der Waals surface area contributed by atoms with Crippen molar-refractivity contribution in [3.63, 3.8) is 0 Å². The van der Waals surface area contributed by atoms with Gasteiger partial charge in [0.15, 0.2) is 5.82 Å². The van der Waals surface area contributed by atoms with Gasteiger partial charge in [0, 0.05) is 31.4 Å². The van der Waals surface area contributed by atoms with Gasteiger partial charge in [-0.1, -0.05) is 49.9 Å². The van der Waals surface area contributed by atoms with Crippen molar-refractivity contribution in [3.05, 3.63) is 65.7 Å². The molecule has 1 aliphatic carbocycles. The number of aryl methyl sites for hydroxylation is 1. The average molecular weight is 613 g/mol. The second-order valence-corrected chi connectivity index (χ2v) is 14.4. The molecule has 0 unspecified atom stereocenters. The molecular formula is C37H39F3N4O. The molecule has 0 N–H and O–H groups in total. The summed E-state index contributed by atoms with van der Waals surface area (Å²) in [4.78, 5) is 13.8. The van der Waals surface area contributed by atoms with Gasteiger partial charge in [-0.15, -0.1) is 0 Å². The number of hydrogen-bond donors (Lipinski definition) is 0. The lowest BCUT2D eigenvalue weighted by Crippen LogP contribution is -2.44. The second kappa shape index (κ2) is 10.4. The fourth-order valence-corrected chi connectivity index (χ4v) is 9.09. The predicted molar refractivity (Wildman–Crippen MR) is 173 cm³/mol. The van der Waals surface area contributed by atoms with Crippen LogP contribution in [0.25, 0.3) is 38.9 Å². The van der Waals surface area contributed by atoms with Crippen molar-refractivity contribution in [2.45, 2.75) is 64.1 Å². The van der Waals surface area contributed by atoms with Gasteiger partial charge in [-0.05, 0) is 90.4 Å². The number of aromatic nitrogens is 2. The van der Waals surface area contributed by atoms with Crippen LogP contribution in [-0.2, 0) is 0 Å². The average Bonchev–Trinajstić information content (AvgIpc) is 3.63. The van der Waals surface area contributed by atoms with Crippen LogP contribution in [-0.4, -0.2) is 59.4 Å². The van der Waals surface area contributed by atoms with Gasteiger partial charge in [-0.25, -0.2) is 13.2 Å². The molecule has 8 heteroatoms. The quantitative estimate of drug-likeness (QED) is 0.219. The van der Waals surface area contributed by atoms with Crippen LogP contribution in [0.15, 0.2) is 43.0 Å². The number of hydrogen-bond acceptors (Lipinski definition) is 5. The molecule has 2 bridgehead atoms. The van der Waals surface area contributed by atoms with Crippen molar-refractivity contribution >= 4 is 33.6 Å². The first-order chi connectivity index (χ1) is 21.6. The highest BCUT2D eigenvalue weighted by Gasteiger charge is 2.49. The molecule has 0 spiro atoms. The maximum atomic E-state index is 17.0. The fourth-order valence-electron chi connectivity index (χ4n) is 9.09. The van der Waals surface area contributed by atoms with Crippen molar-refractivity contribution in [3.8, 4) is 17.1 Å². The highest BCUT2D eigenvalue weighted by molar-refractivity contribution is 6.04. The molecule has 4 atom stereocenters. The molecule has 0 amide bonds. The van der Waals surface area contributed by atoms with E-state index in [0.29, 0.717) is 35.7 Å². The van der Waals surface area contributed by atoms with E-state index in [2.05, 4.69) is 28.3 Å². The number of halogens is 3. The summed E-state index contributed by atoms with van der Waals surface area (Å²) < 4.78 is 54.2. The minimum Gasteiger partial charge on any atom is -0.461 e. The van der Waals surface area contributed by atoms with Crippen molar-refractivity contribution in [1.82, 2.24) is 14.9 Å². The summed E-state index contributed by atoms with van der Waals surface area (Å²) in [5.41, 5.74) is 1.80. The monoisotopic (exact) mass is 612 g/mol. The van der Waals surface area contributed by atoms with Crippen LogP contribution >= 0.6 is 0 Å². The zero-order valence-corrected chi connectivity index (χ0v) is 26.0. The van der Waals surface area contributed by atoms with Crippen molar-refractivity contribution in [1.29, 1.82) is 0 Å². The fraction of sp³-hybridized carbons (Fsp3) is 0.459. The lowest BCUT2D eigenvalue weighted by atomic mass is 9.84. The Morgan fingerprint density at radius 1 is 1.11 bits per heavy atom. The van der Waals surface area contributed by atoms with Crippen molar-refractivity contribution in [2.75, 3.05) is 37.7 Å². The third-order valence-corrected chi connectivity index (χ3v) is 11.0. The van der Waals surface area contributed by atoms with E-state index < -0.39 is 23.3 Å². The standard InChI is InChI=1S/C37H39F3N4O/c1-4-24-7-5-8-25-13-22(2)14-27(30(24)25)31-29(39)15-28-33(32(31)40)41-35(45-21-37-10-6-12-44(37)19-26(38)17-37)42-34(28)43-18-23-9-11-36(3,16-23)20-43/h4-5,7-8,13-15,23,26H,1,6,9-12,16-21H2,2-3H3/t23-,26+,36-,37-/m0/s1. The lowest BCUT2D eigenvalue weighted by Gasteiger charge is -2.39. The summed E-state index contributed by atoms with van der Waals surface area (Å²) in [6.45, 7) is 11.2. The van der Waals surface area contributed by atoms with Gasteiger partial charge in [0.1, 0.15) is 29.9 Å². The van der Waals surface area contributed by atoms with Crippen LogP contribution in [0, 0.1) is 29.9 Å². The van der Waals surface area contributed by atoms with Gasteiger partial charge in [0.05, 0.1) is 11.1 Å². The summed E-state index contributed by atoms with van der Waals surface area (Å²) in [7, 11) is 0. The van der Waals surface area contributed by atoms with Gasteiger partial charge in [0.2, 0.25) is 0 Å². The summed E-state index contributed by atoms with van der Waals surface area (Å²) >= 11 is 0. The lowest BCUT2D eigenvalue weighted by molar-refractivity contribution is 0.107. The number of fused-ring (bicyclic) bond motifs is 5. The number of anilines is 1. The number of ether oxygens (including phenoxy) is 1. The first-order valence-corrected chi connectivity index (χ1v) is 16.3. The summed E-state index contributed by atoms with van der Waals surface area (Å²) in [6.07, 6.45) is 6.49. The van der Waals surface area contributed by atoms with Gasteiger partial charge in [-0.2, -0.15) is 9.97 Å². The minimum atomic E-state index is -0.890. The van der Waals surface area contributed by atoms with Crippen LogP contribution in [0.1, 0.15) is 56.6 Å². The smallest absolute Gasteiger partial charge is 0.319 e. The highest BCUT2D eigenvalue weighted by Crippen LogP contribution is 2.48. The Morgan fingerprint density at radius 2 is 1.98 bits per heavy atom. The molecule has 1 aromatic heterocycles. The van der Waals surface area contributed by atoms with E-state index in [1.54, 1.807) is 6.08 Å². The van der Waals surface area contributed by atoms with Crippen molar-refractivity contribution in [2.24, 2.45) is 11.3 Å². The van der Waals surface area contributed by atoms with Crippen LogP contribution in [0.5, 0.6) is 6.01 Å². The van der Waals surface area contributed by atoms with E-state index in [9.17, 15) is 4.39 Å². The molecular weight excluding hydrogens is 573 g/mol. The van der Waals surface area contributed by atoms with Gasteiger partial charge < -0.3 is 9.64 Å². The SMILES string of the molecule is C=Cc1cccc2cc(C)cc(-c3c(F)cc4c(N5C[C@H]6CC[C@@](C)(C6)C5)nc(OC[C@@]56CCCN5C[C@H](F)C6)nc4c3F)c12. The van der Waals surface area contributed by atoms with Crippen LogP contribution in [0.2, 0.25) is 0 Å². The molecule has 8 rings (SSSR count). The molecule has 234 valence electrons. The van der Waals surface area contributed by atoms with Crippen LogP contribution < -0.4 is 9.64 Å². The molecule has 5 nitrogen and oxygen atoms in total. The molecule has 45 heavy (non-hydrogen) atoms. The maximum Gasteiger partial charge on any atom is 0.319 e. The Bertz CT molecular complexity index is 1860. The Hall–Kier alpha value is -3.65. The van der Waals surface area contributed by atoms with E-state index in [1.807, 2.05) is 37.3 Å². The first kappa shape index (κ1) is 28.8. The van der Waals surface area contributed by atoms with E-state index in [-0.39, 0.29) is 29.1 Å². The van der Waals surface area contributed by atoms with Gasteiger partial charge in [-0.3, -0.25) is 4.90 Å². The van der Waals surface area contributed by atoms with Crippen LogP contribution in [0.4, 0.5) is 19.0 Å². The number of piperidine rings is 1. The number of alkyl halides is 1. The van der Waals surface area contributed by atoms with Gasteiger partial charge in [0.25, 0.3) is 0 Å².